The molecule has 1 amide bonds. The number of amides is 1. The van der Waals surface area contributed by atoms with Crippen LogP contribution in [-0.4, -0.2) is 24.5 Å². The smallest absolute Gasteiger partial charge is 0.254 e. The van der Waals surface area contributed by atoms with E-state index in [0.717, 1.165) is 4.88 Å². The van der Waals surface area contributed by atoms with Gasteiger partial charge in [0, 0.05) is 17.5 Å². The topological polar surface area (TPSA) is 55.6 Å². The summed E-state index contributed by atoms with van der Waals surface area (Å²) >= 11 is 1.65. The largest absolute Gasteiger partial charge is 0.492 e. The quantitative estimate of drug-likeness (QED) is 0.859. The molecule has 1 atom stereocenters. The average molecular weight is 304 g/mol. The molecule has 5 heteroatoms. The van der Waals surface area contributed by atoms with Crippen molar-refractivity contribution in [2.75, 3.05) is 19.4 Å². The summed E-state index contributed by atoms with van der Waals surface area (Å²) in [6.07, 6.45) is 0. The lowest BCUT2D eigenvalue weighted by Crippen LogP contribution is -2.29. The minimum atomic E-state index is -0.0503. The standard InChI is InChI=1S/C16H20N2O2S/c1-4-20-14-8-7-12(10-13(14)17)16(19)18(3)11(2)15-6-5-9-21-15/h5-11H,4,17H2,1-3H3. The summed E-state index contributed by atoms with van der Waals surface area (Å²) in [5.41, 5.74) is 6.98. The van der Waals surface area contributed by atoms with E-state index < -0.39 is 0 Å². The zero-order chi connectivity index (χ0) is 15.4. The number of carbonyl (C=O) groups excluding carboxylic acids is 1. The van der Waals surface area contributed by atoms with Gasteiger partial charge >= 0.3 is 0 Å². The number of rotatable bonds is 5. The van der Waals surface area contributed by atoms with E-state index >= 15 is 0 Å². The molecule has 2 N–H and O–H groups in total. The summed E-state index contributed by atoms with van der Waals surface area (Å²) in [7, 11) is 1.80. The van der Waals surface area contributed by atoms with Crippen molar-refractivity contribution in [1.82, 2.24) is 4.90 Å². The number of carbonyl (C=O) groups is 1. The van der Waals surface area contributed by atoms with Crippen LogP contribution in [0.5, 0.6) is 5.75 Å². The van der Waals surface area contributed by atoms with Crippen molar-refractivity contribution < 1.29 is 9.53 Å². The van der Waals surface area contributed by atoms with Crippen LogP contribution in [-0.2, 0) is 0 Å². The van der Waals surface area contributed by atoms with Gasteiger partial charge in [0.1, 0.15) is 5.75 Å². The van der Waals surface area contributed by atoms with Crippen LogP contribution in [0.25, 0.3) is 0 Å². The Balaban J connectivity index is 2.17. The maximum Gasteiger partial charge on any atom is 0.254 e. The first-order valence-corrected chi connectivity index (χ1v) is 7.75. The number of nitrogen functional groups attached to an aromatic ring is 1. The van der Waals surface area contributed by atoms with E-state index in [-0.39, 0.29) is 11.9 Å². The molecule has 4 nitrogen and oxygen atoms in total. The fourth-order valence-corrected chi connectivity index (χ4v) is 2.89. The molecule has 21 heavy (non-hydrogen) atoms. The molecule has 2 aromatic rings. The Morgan fingerprint density at radius 3 is 2.76 bits per heavy atom. The van der Waals surface area contributed by atoms with Crippen molar-refractivity contribution in [3.05, 3.63) is 46.2 Å². The van der Waals surface area contributed by atoms with Crippen molar-refractivity contribution in [1.29, 1.82) is 0 Å². The number of anilines is 1. The Labute approximate surface area is 129 Å². The van der Waals surface area contributed by atoms with Crippen LogP contribution < -0.4 is 10.5 Å². The summed E-state index contributed by atoms with van der Waals surface area (Å²) < 4.78 is 5.39. The fraction of sp³-hybridized carbons (Fsp3) is 0.312. The van der Waals surface area contributed by atoms with Crippen molar-refractivity contribution in [3.8, 4) is 5.75 Å². The normalized spacial score (nSPS) is 12.0. The number of hydrogen-bond acceptors (Lipinski definition) is 4. The Hall–Kier alpha value is -2.01. The first-order valence-electron chi connectivity index (χ1n) is 6.87. The van der Waals surface area contributed by atoms with Gasteiger partial charge in [0.15, 0.2) is 0 Å². The molecule has 0 aliphatic heterocycles. The molecule has 2 rings (SSSR count). The number of nitrogens with zero attached hydrogens (tertiary/aromatic N) is 1. The summed E-state index contributed by atoms with van der Waals surface area (Å²) in [6, 6.07) is 9.22. The number of thiophene rings is 1. The zero-order valence-corrected chi connectivity index (χ0v) is 13.3. The Morgan fingerprint density at radius 1 is 1.43 bits per heavy atom. The third kappa shape index (κ3) is 3.36. The lowest BCUT2D eigenvalue weighted by molar-refractivity contribution is 0.0745. The lowest BCUT2D eigenvalue weighted by atomic mass is 10.1. The molecule has 1 unspecified atom stereocenters. The van der Waals surface area contributed by atoms with Crippen LogP contribution in [0, 0.1) is 0 Å². The van der Waals surface area contributed by atoms with Gasteiger partial charge in [-0.15, -0.1) is 11.3 Å². The highest BCUT2D eigenvalue weighted by Gasteiger charge is 2.20. The van der Waals surface area contributed by atoms with E-state index in [2.05, 4.69) is 0 Å². The van der Waals surface area contributed by atoms with Crippen LogP contribution in [0.15, 0.2) is 35.7 Å². The molecule has 0 spiro atoms. The van der Waals surface area contributed by atoms with Gasteiger partial charge in [0.2, 0.25) is 0 Å². The predicted octanol–water partition coefficient (Wildman–Crippen LogP) is 3.56. The molecule has 1 aromatic carbocycles. The fourth-order valence-electron chi connectivity index (χ4n) is 2.07. The van der Waals surface area contributed by atoms with Gasteiger partial charge in [0.05, 0.1) is 18.3 Å². The summed E-state index contributed by atoms with van der Waals surface area (Å²) in [4.78, 5) is 15.4. The number of nitrogens with two attached hydrogens (primary N) is 1. The van der Waals surface area contributed by atoms with E-state index in [0.29, 0.717) is 23.6 Å². The van der Waals surface area contributed by atoms with Crippen LogP contribution in [0.2, 0.25) is 0 Å². The predicted molar refractivity (Wildman–Crippen MR) is 86.9 cm³/mol. The van der Waals surface area contributed by atoms with Gasteiger partial charge in [-0.3, -0.25) is 4.79 Å². The van der Waals surface area contributed by atoms with E-state index in [1.165, 1.54) is 0 Å². The molecule has 0 fully saturated rings. The summed E-state index contributed by atoms with van der Waals surface area (Å²) in [6.45, 7) is 4.46. The average Bonchev–Trinajstić information content (AvgIpc) is 3.01. The lowest BCUT2D eigenvalue weighted by Gasteiger charge is -2.24. The van der Waals surface area contributed by atoms with Gasteiger partial charge in [0.25, 0.3) is 5.91 Å². The van der Waals surface area contributed by atoms with Crippen molar-refractivity contribution >= 4 is 22.9 Å². The minimum absolute atomic E-state index is 0.0327. The SMILES string of the molecule is CCOc1ccc(C(=O)N(C)C(C)c2cccs2)cc1N. The highest BCUT2D eigenvalue weighted by molar-refractivity contribution is 7.10. The Kier molecular flexibility index (Phi) is 4.85. The Morgan fingerprint density at radius 2 is 2.19 bits per heavy atom. The second-order valence-corrected chi connectivity index (χ2v) is 5.77. The summed E-state index contributed by atoms with van der Waals surface area (Å²) in [5.74, 6) is 0.564. The second-order valence-electron chi connectivity index (χ2n) is 4.79. The Bertz CT molecular complexity index is 611. The van der Waals surface area contributed by atoms with Crippen LogP contribution in [0.3, 0.4) is 0 Å². The van der Waals surface area contributed by atoms with E-state index in [9.17, 15) is 4.79 Å². The van der Waals surface area contributed by atoms with Crippen molar-refractivity contribution in [3.63, 3.8) is 0 Å². The molecule has 0 saturated heterocycles. The van der Waals surface area contributed by atoms with Crippen LogP contribution >= 0.6 is 11.3 Å². The molecule has 0 aliphatic rings. The van der Waals surface area contributed by atoms with Gasteiger partial charge in [-0.25, -0.2) is 0 Å². The molecular formula is C16H20N2O2S. The van der Waals surface area contributed by atoms with Crippen molar-refractivity contribution in [2.45, 2.75) is 19.9 Å². The summed E-state index contributed by atoms with van der Waals surface area (Å²) in [5, 5.41) is 2.01. The molecule has 1 aromatic heterocycles. The van der Waals surface area contributed by atoms with Crippen LogP contribution in [0.4, 0.5) is 5.69 Å². The highest BCUT2D eigenvalue weighted by Crippen LogP contribution is 2.27. The maximum absolute atomic E-state index is 12.5. The van der Waals surface area contributed by atoms with E-state index in [1.54, 1.807) is 41.5 Å². The monoisotopic (exact) mass is 304 g/mol. The second kappa shape index (κ2) is 6.63. The number of hydrogen-bond donors (Lipinski definition) is 1. The molecule has 0 saturated carbocycles. The van der Waals surface area contributed by atoms with Gasteiger partial charge in [-0.1, -0.05) is 6.07 Å². The minimum Gasteiger partial charge on any atom is -0.492 e. The van der Waals surface area contributed by atoms with E-state index in [1.807, 2.05) is 31.4 Å². The van der Waals surface area contributed by atoms with Gasteiger partial charge in [-0.05, 0) is 43.5 Å². The molecule has 112 valence electrons. The van der Waals surface area contributed by atoms with Crippen molar-refractivity contribution in [2.24, 2.45) is 0 Å². The third-order valence-corrected chi connectivity index (χ3v) is 4.46. The molecule has 0 radical (unpaired) electrons. The van der Waals surface area contributed by atoms with Crippen LogP contribution in [0.1, 0.15) is 35.1 Å². The van der Waals surface area contributed by atoms with E-state index in [4.69, 9.17) is 10.5 Å². The maximum atomic E-state index is 12.5. The first-order chi connectivity index (χ1) is 10.0. The highest BCUT2D eigenvalue weighted by atomic mass is 32.1. The third-order valence-electron chi connectivity index (χ3n) is 3.41. The number of ether oxygens (including phenoxy) is 1. The first kappa shape index (κ1) is 15.4. The van der Waals surface area contributed by atoms with Gasteiger partial charge in [-0.2, -0.15) is 0 Å². The number of benzene rings is 1. The zero-order valence-electron chi connectivity index (χ0n) is 12.5. The molecule has 1 heterocycles. The van der Waals surface area contributed by atoms with Gasteiger partial charge < -0.3 is 15.4 Å². The molecule has 0 aliphatic carbocycles. The molecule has 0 bridgehead atoms. The molecular weight excluding hydrogens is 284 g/mol.